The molecule has 0 aromatic carbocycles. The molecule has 0 bridgehead atoms. The molecule has 1 unspecified atom stereocenters. The molecule has 0 aliphatic heterocycles. The first kappa shape index (κ1) is 16.1. The van der Waals surface area contributed by atoms with Gasteiger partial charge in [-0.25, -0.2) is 9.59 Å². The van der Waals surface area contributed by atoms with Gasteiger partial charge in [0.05, 0.1) is 0 Å². The molecule has 21 heavy (non-hydrogen) atoms. The van der Waals surface area contributed by atoms with E-state index < -0.39 is 11.5 Å². The van der Waals surface area contributed by atoms with Gasteiger partial charge in [0.1, 0.15) is 5.54 Å². The highest BCUT2D eigenvalue weighted by Gasteiger charge is 2.48. The first-order valence-corrected chi connectivity index (χ1v) is 8.27. The zero-order valence-corrected chi connectivity index (χ0v) is 13.2. The molecule has 0 saturated heterocycles. The monoisotopic (exact) mass is 296 g/mol. The third-order valence-electron chi connectivity index (χ3n) is 5.09. The average molecular weight is 296 g/mol. The predicted octanol–water partition coefficient (Wildman–Crippen LogP) is 2.90. The Morgan fingerprint density at radius 2 is 1.76 bits per heavy atom. The minimum Gasteiger partial charge on any atom is -0.480 e. The predicted molar refractivity (Wildman–Crippen MR) is 81.1 cm³/mol. The Morgan fingerprint density at radius 1 is 1.14 bits per heavy atom. The van der Waals surface area contributed by atoms with E-state index >= 15 is 0 Å². The van der Waals surface area contributed by atoms with Gasteiger partial charge in [0.2, 0.25) is 0 Å². The molecule has 0 aromatic heterocycles. The van der Waals surface area contributed by atoms with Crippen molar-refractivity contribution in [3.05, 3.63) is 0 Å². The van der Waals surface area contributed by atoms with Gasteiger partial charge in [-0.15, -0.1) is 0 Å². The second-order valence-electron chi connectivity index (χ2n) is 6.89. The van der Waals surface area contributed by atoms with Crippen LogP contribution < -0.4 is 10.6 Å². The van der Waals surface area contributed by atoms with E-state index in [-0.39, 0.29) is 18.0 Å². The number of amides is 2. The Kier molecular flexibility index (Phi) is 5.12. The zero-order valence-electron chi connectivity index (χ0n) is 13.2. The second kappa shape index (κ2) is 6.67. The summed E-state index contributed by atoms with van der Waals surface area (Å²) in [5.41, 5.74) is -1.12. The van der Waals surface area contributed by atoms with Crippen molar-refractivity contribution in [3.8, 4) is 0 Å². The maximum atomic E-state index is 12.1. The van der Waals surface area contributed by atoms with Crippen LogP contribution in [0.3, 0.4) is 0 Å². The number of urea groups is 1. The van der Waals surface area contributed by atoms with Crippen molar-refractivity contribution < 1.29 is 14.7 Å². The van der Waals surface area contributed by atoms with Crippen LogP contribution in [0.1, 0.15) is 65.2 Å². The van der Waals surface area contributed by atoms with Gasteiger partial charge in [-0.05, 0) is 57.3 Å². The Morgan fingerprint density at radius 3 is 2.24 bits per heavy atom. The fourth-order valence-corrected chi connectivity index (χ4v) is 3.45. The zero-order chi connectivity index (χ0) is 15.5. The number of hydrogen-bond donors (Lipinski definition) is 3. The van der Waals surface area contributed by atoms with Crippen molar-refractivity contribution in [1.29, 1.82) is 0 Å². The van der Waals surface area contributed by atoms with Gasteiger partial charge in [-0.1, -0.05) is 19.8 Å². The molecule has 120 valence electrons. The van der Waals surface area contributed by atoms with Crippen LogP contribution in [-0.4, -0.2) is 28.7 Å². The van der Waals surface area contributed by atoms with Gasteiger partial charge in [0.25, 0.3) is 0 Å². The summed E-state index contributed by atoms with van der Waals surface area (Å²) in [7, 11) is 0. The molecule has 0 heterocycles. The summed E-state index contributed by atoms with van der Waals surface area (Å²) < 4.78 is 0. The SMILES string of the molecule is CCCC1CCC(NC(=O)NC(C)(C(=O)O)C2CC2)CC1. The summed E-state index contributed by atoms with van der Waals surface area (Å²) in [6, 6.07) is -0.138. The molecule has 2 aliphatic carbocycles. The number of hydrogen-bond acceptors (Lipinski definition) is 2. The first-order valence-electron chi connectivity index (χ1n) is 8.27. The third kappa shape index (κ3) is 4.11. The standard InChI is InChI=1S/C16H28N2O3/c1-3-4-11-5-9-13(10-6-11)17-15(21)18-16(2,14(19)20)12-7-8-12/h11-13H,3-10H2,1-2H3,(H,19,20)(H2,17,18,21). The average Bonchev–Trinajstić information content (AvgIpc) is 3.25. The van der Waals surface area contributed by atoms with Crippen molar-refractivity contribution in [2.24, 2.45) is 11.8 Å². The summed E-state index contributed by atoms with van der Waals surface area (Å²) >= 11 is 0. The maximum absolute atomic E-state index is 12.1. The van der Waals surface area contributed by atoms with Gasteiger partial charge in [-0.2, -0.15) is 0 Å². The molecular weight excluding hydrogens is 268 g/mol. The highest BCUT2D eigenvalue weighted by molar-refractivity contribution is 5.86. The molecule has 2 aliphatic rings. The lowest BCUT2D eigenvalue weighted by Crippen LogP contribution is -2.58. The van der Waals surface area contributed by atoms with Crippen molar-refractivity contribution in [2.45, 2.75) is 76.8 Å². The number of carbonyl (C=O) groups is 2. The molecule has 2 amide bonds. The Hall–Kier alpha value is -1.26. The van der Waals surface area contributed by atoms with Crippen molar-refractivity contribution in [3.63, 3.8) is 0 Å². The van der Waals surface area contributed by atoms with Gasteiger partial charge in [0.15, 0.2) is 0 Å². The van der Waals surface area contributed by atoms with E-state index in [0.717, 1.165) is 44.4 Å². The molecule has 5 heteroatoms. The number of carboxylic acids is 1. The molecule has 1 atom stereocenters. The van der Waals surface area contributed by atoms with E-state index in [1.807, 2.05) is 0 Å². The lowest BCUT2D eigenvalue weighted by molar-refractivity contribution is -0.144. The maximum Gasteiger partial charge on any atom is 0.329 e. The van der Waals surface area contributed by atoms with E-state index in [1.54, 1.807) is 6.92 Å². The van der Waals surface area contributed by atoms with Crippen LogP contribution >= 0.6 is 0 Å². The lowest BCUT2D eigenvalue weighted by Gasteiger charge is -2.31. The highest BCUT2D eigenvalue weighted by atomic mass is 16.4. The quantitative estimate of drug-likeness (QED) is 0.705. The van der Waals surface area contributed by atoms with Crippen molar-refractivity contribution in [1.82, 2.24) is 10.6 Å². The van der Waals surface area contributed by atoms with Gasteiger partial charge < -0.3 is 15.7 Å². The minimum atomic E-state index is -1.12. The molecule has 2 fully saturated rings. The summed E-state index contributed by atoms with van der Waals surface area (Å²) in [6.45, 7) is 3.83. The van der Waals surface area contributed by atoms with Crippen molar-refractivity contribution in [2.75, 3.05) is 0 Å². The van der Waals surface area contributed by atoms with Gasteiger partial charge >= 0.3 is 12.0 Å². The molecule has 0 aromatic rings. The van der Waals surface area contributed by atoms with E-state index in [1.165, 1.54) is 12.8 Å². The fraction of sp³-hybridized carbons (Fsp3) is 0.875. The molecule has 3 N–H and O–H groups in total. The minimum absolute atomic E-state index is 0.0704. The third-order valence-corrected chi connectivity index (χ3v) is 5.09. The molecule has 0 radical (unpaired) electrons. The number of carbonyl (C=O) groups excluding carboxylic acids is 1. The summed E-state index contributed by atoms with van der Waals surface area (Å²) in [6.07, 6.45) is 8.60. The molecule has 5 nitrogen and oxygen atoms in total. The lowest BCUT2D eigenvalue weighted by atomic mass is 9.83. The smallest absolute Gasteiger partial charge is 0.329 e. The molecule has 0 spiro atoms. The van der Waals surface area contributed by atoms with Crippen LogP contribution in [0.5, 0.6) is 0 Å². The number of nitrogens with one attached hydrogen (secondary N) is 2. The Bertz CT molecular complexity index is 387. The van der Waals surface area contributed by atoms with Crippen LogP contribution in [0.2, 0.25) is 0 Å². The van der Waals surface area contributed by atoms with Crippen LogP contribution in [0.25, 0.3) is 0 Å². The Balaban J connectivity index is 1.78. The van der Waals surface area contributed by atoms with Crippen molar-refractivity contribution >= 4 is 12.0 Å². The van der Waals surface area contributed by atoms with Gasteiger partial charge in [0, 0.05) is 6.04 Å². The largest absolute Gasteiger partial charge is 0.480 e. The number of carboxylic acid groups (broad SMARTS) is 1. The van der Waals surface area contributed by atoms with Gasteiger partial charge in [-0.3, -0.25) is 0 Å². The van der Waals surface area contributed by atoms with E-state index in [4.69, 9.17) is 0 Å². The van der Waals surface area contributed by atoms with E-state index in [9.17, 15) is 14.7 Å². The topological polar surface area (TPSA) is 78.4 Å². The van der Waals surface area contributed by atoms with E-state index in [2.05, 4.69) is 17.6 Å². The first-order chi connectivity index (χ1) is 9.95. The molecular formula is C16H28N2O3. The van der Waals surface area contributed by atoms with Crippen LogP contribution in [0.15, 0.2) is 0 Å². The van der Waals surface area contributed by atoms with Crippen LogP contribution in [0.4, 0.5) is 4.79 Å². The fourth-order valence-electron chi connectivity index (χ4n) is 3.45. The molecule has 2 saturated carbocycles. The summed E-state index contributed by atoms with van der Waals surface area (Å²) in [5.74, 6) is -0.0697. The second-order valence-corrected chi connectivity index (χ2v) is 6.89. The Labute approximate surface area is 126 Å². The summed E-state index contributed by atoms with van der Waals surface area (Å²) in [5, 5.41) is 15.0. The summed E-state index contributed by atoms with van der Waals surface area (Å²) in [4.78, 5) is 23.5. The molecule has 2 rings (SSSR count). The number of aliphatic carboxylic acids is 1. The normalized spacial score (nSPS) is 28.5. The van der Waals surface area contributed by atoms with E-state index in [0.29, 0.717) is 0 Å². The van der Waals surface area contributed by atoms with Crippen LogP contribution in [0, 0.1) is 11.8 Å². The number of rotatable bonds is 6. The van der Waals surface area contributed by atoms with Crippen LogP contribution in [-0.2, 0) is 4.79 Å². The highest BCUT2D eigenvalue weighted by Crippen LogP contribution is 2.39.